The number of aromatic nitrogens is 1. The van der Waals surface area contributed by atoms with E-state index in [2.05, 4.69) is 79.7 Å². The van der Waals surface area contributed by atoms with E-state index in [1.807, 2.05) is 0 Å². The summed E-state index contributed by atoms with van der Waals surface area (Å²) in [4.78, 5) is 4.70. The Balaban J connectivity index is 1.87. The molecule has 3 aromatic carbocycles. The van der Waals surface area contributed by atoms with Crippen LogP contribution in [0.15, 0.2) is 72.8 Å². The van der Waals surface area contributed by atoms with Crippen LogP contribution in [0.4, 0.5) is 0 Å². The first-order valence-corrected chi connectivity index (χ1v) is 8.38. The summed E-state index contributed by atoms with van der Waals surface area (Å²) in [6.45, 7) is 2.08. The van der Waals surface area contributed by atoms with Crippen molar-refractivity contribution in [2.45, 2.75) is 13.3 Å². The lowest BCUT2D eigenvalue weighted by Crippen LogP contribution is -1.91. The summed E-state index contributed by atoms with van der Waals surface area (Å²) in [5, 5.41) is 1.22. The zero-order valence-corrected chi connectivity index (χ0v) is 13.6. The van der Waals surface area contributed by atoms with Gasteiger partial charge in [0.1, 0.15) is 0 Å². The highest BCUT2D eigenvalue weighted by atomic mass is 14.7. The van der Waals surface area contributed by atoms with Crippen molar-refractivity contribution in [3.8, 4) is 22.3 Å². The molecule has 1 aliphatic carbocycles. The maximum atomic E-state index is 4.70. The van der Waals surface area contributed by atoms with E-state index >= 15 is 0 Å². The molecule has 1 aliphatic rings. The number of para-hydroxylation sites is 1. The summed E-state index contributed by atoms with van der Waals surface area (Å²) in [6, 6.07) is 26.1. The highest BCUT2D eigenvalue weighted by molar-refractivity contribution is 6.01. The molecule has 0 fully saturated rings. The van der Waals surface area contributed by atoms with Crippen molar-refractivity contribution in [2.75, 3.05) is 0 Å². The van der Waals surface area contributed by atoms with Crippen LogP contribution in [-0.2, 0) is 6.42 Å². The van der Waals surface area contributed by atoms with Crippen LogP contribution in [0.5, 0.6) is 0 Å². The van der Waals surface area contributed by atoms with Crippen LogP contribution in [-0.4, -0.2) is 4.98 Å². The summed E-state index contributed by atoms with van der Waals surface area (Å²) in [6.07, 6.45) is 1.03. The molecule has 0 amide bonds. The SMILES string of the molecule is Cc1cc(-c2cccc3c2-c2ccccc2C3)c2ccccc2n1. The predicted octanol–water partition coefficient (Wildman–Crippen LogP) is 5.78. The number of aryl methyl sites for hydroxylation is 1. The Morgan fingerprint density at radius 2 is 1.46 bits per heavy atom. The minimum Gasteiger partial charge on any atom is -0.253 e. The Kier molecular flexibility index (Phi) is 2.83. The third kappa shape index (κ3) is 1.91. The summed E-state index contributed by atoms with van der Waals surface area (Å²) in [5.41, 5.74) is 10.3. The molecule has 0 bridgehead atoms. The van der Waals surface area contributed by atoms with Gasteiger partial charge in [-0.05, 0) is 58.9 Å². The normalized spacial score (nSPS) is 12.2. The molecule has 0 unspecified atom stereocenters. The molecular formula is C23H17N. The number of rotatable bonds is 1. The minimum absolute atomic E-state index is 1.03. The molecule has 1 heteroatoms. The molecule has 0 spiro atoms. The van der Waals surface area contributed by atoms with Gasteiger partial charge in [0.25, 0.3) is 0 Å². The third-order valence-corrected chi connectivity index (χ3v) is 4.95. The zero-order valence-electron chi connectivity index (χ0n) is 13.6. The van der Waals surface area contributed by atoms with E-state index in [0.717, 1.165) is 17.6 Å². The van der Waals surface area contributed by atoms with Crippen molar-refractivity contribution < 1.29 is 0 Å². The van der Waals surface area contributed by atoms with Crippen molar-refractivity contribution >= 4 is 10.9 Å². The van der Waals surface area contributed by atoms with Gasteiger partial charge in [-0.15, -0.1) is 0 Å². The molecule has 0 atom stereocenters. The van der Waals surface area contributed by atoms with Crippen molar-refractivity contribution in [1.82, 2.24) is 4.98 Å². The number of pyridine rings is 1. The number of benzene rings is 3. The van der Waals surface area contributed by atoms with Crippen molar-refractivity contribution in [2.24, 2.45) is 0 Å². The maximum absolute atomic E-state index is 4.70. The van der Waals surface area contributed by atoms with Gasteiger partial charge < -0.3 is 0 Å². The Morgan fingerprint density at radius 3 is 2.42 bits per heavy atom. The molecule has 0 radical (unpaired) electrons. The van der Waals surface area contributed by atoms with Gasteiger partial charge >= 0.3 is 0 Å². The minimum atomic E-state index is 1.03. The Labute approximate surface area is 141 Å². The first-order chi connectivity index (χ1) is 11.8. The average molecular weight is 307 g/mol. The third-order valence-electron chi connectivity index (χ3n) is 4.95. The van der Waals surface area contributed by atoms with E-state index < -0.39 is 0 Å². The van der Waals surface area contributed by atoms with Gasteiger partial charge in [0.2, 0.25) is 0 Å². The van der Waals surface area contributed by atoms with E-state index in [0.29, 0.717) is 0 Å². The second kappa shape index (κ2) is 5.04. The highest BCUT2D eigenvalue weighted by Crippen LogP contribution is 2.44. The lowest BCUT2D eigenvalue weighted by atomic mass is 9.92. The van der Waals surface area contributed by atoms with Gasteiger partial charge in [-0.1, -0.05) is 60.7 Å². The fourth-order valence-corrected chi connectivity index (χ4v) is 3.94. The average Bonchev–Trinajstić information content (AvgIpc) is 2.99. The molecule has 24 heavy (non-hydrogen) atoms. The largest absolute Gasteiger partial charge is 0.253 e. The van der Waals surface area contributed by atoms with E-state index in [9.17, 15) is 0 Å². The summed E-state index contributed by atoms with van der Waals surface area (Å²) >= 11 is 0. The highest BCUT2D eigenvalue weighted by Gasteiger charge is 2.22. The van der Waals surface area contributed by atoms with E-state index in [-0.39, 0.29) is 0 Å². The first-order valence-electron chi connectivity index (χ1n) is 8.38. The number of hydrogen-bond acceptors (Lipinski definition) is 1. The lowest BCUT2D eigenvalue weighted by molar-refractivity contribution is 1.25. The molecule has 1 aromatic heterocycles. The van der Waals surface area contributed by atoms with Crippen LogP contribution in [0.1, 0.15) is 16.8 Å². The fraction of sp³-hybridized carbons (Fsp3) is 0.0870. The summed E-state index contributed by atoms with van der Waals surface area (Å²) in [5.74, 6) is 0. The molecule has 5 rings (SSSR count). The number of nitrogens with zero attached hydrogens (tertiary/aromatic N) is 1. The van der Waals surface area contributed by atoms with Gasteiger partial charge in [0, 0.05) is 11.1 Å². The quantitative estimate of drug-likeness (QED) is 0.382. The molecule has 0 saturated carbocycles. The van der Waals surface area contributed by atoms with Gasteiger partial charge in [0.15, 0.2) is 0 Å². The molecule has 114 valence electrons. The topological polar surface area (TPSA) is 12.9 Å². The molecule has 1 heterocycles. The van der Waals surface area contributed by atoms with Gasteiger partial charge in [0.05, 0.1) is 5.52 Å². The van der Waals surface area contributed by atoms with Crippen LogP contribution in [0.3, 0.4) is 0 Å². The maximum Gasteiger partial charge on any atom is 0.0711 e. The fourth-order valence-electron chi connectivity index (χ4n) is 3.94. The van der Waals surface area contributed by atoms with Crippen molar-refractivity contribution in [1.29, 1.82) is 0 Å². The van der Waals surface area contributed by atoms with Crippen molar-refractivity contribution in [3.63, 3.8) is 0 Å². The first kappa shape index (κ1) is 13.5. The second-order valence-corrected chi connectivity index (χ2v) is 6.50. The van der Waals surface area contributed by atoms with Crippen LogP contribution in [0, 0.1) is 6.92 Å². The van der Waals surface area contributed by atoms with Crippen LogP contribution in [0.25, 0.3) is 33.2 Å². The molecule has 0 N–H and O–H groups in total. The van der Waals surface area contributed by atoms with E-state index in [1.165, 1.54) is 38.8 Å². The lowest BCUT2D eigenvalue weighted by Gasteiger charge is -2.13. The van der Waals surface area contributed by atoms with Gasteiger partial charge in [-0.25, -0.2) is 0 Å². The second-order valence-electron chi connectivity index (χ2n) is 6.50. The van der Waals surface area contributed by atoms with E-state index in [4.69, 9.17) is 4.98 Å². The van der Waals surface area contributed by atoms with Gasteiger partial charge in [-0.3, -0.25) is 4.98 Å². The Hall–Kier alpha value is -2.93. The molecule has 0 saturated heterocycles. The molecular weight excluding hydrogens is 290 g/mol. The Morgan fingerprint density at radius 1 is 0.708 bits per heavy atom. The smallest absolute Gasteiger partial charge is 0.0711 e. The monoisotopic (exact) mass is 307 g/mol. The standard InChI is InChI=1S/C23H17N/c1-15-13-21(19-10-4-5-12-22(19)24-15)20-11-6-8-17-14-16-7-2-3-9-18(16)23(17)20/h2-13H,14H2,1H3. The number of fused-ring (bicyclic) bond motifs is 4. The van der Waals surface area contributed by atoms with Crippen LogP contribution >= 0.6 is 0 Å². The predicted molar refractivity (Wildman–Crippen MR) is 100 cm³/mol. The molecule has 1 nitrogen and oxygen atoms in total. The summed E-state index contributed by atoms with van der Waals surface area (Å²) in [7, 11) is 0. The van der Waals surface area contributed by atoms with Gasteiger partial charge in [-0.2, -0.15) is 0 Å². The van der Waals surface area contributed by atoms with Crippen LogP contribution in [0.2, 0.25) is 0 Å². The van der Waals surface area contributed by atoms with Crippen molar-refractivity contribution in [3.05, 3.63) is 89.6 Å². The molecule has 0 aliphatic heterocycles. The Bertz CT molecular complexity index is 1090. The summed E-state index contributed by atoms with van der Waals surface area (Å²) < 4.78 is 0. The number of hydrogen-bond donors (Lipinski definition) is 0. The van der Waals surface area contributed by atoms with E-state index in [1.54, 1.807) is 0 Å². The zero-order chi connectivity index (χ0) is 16.1. The van der Waals surface area contributed by atoms with Crippen LogP contribution < -0.4 is 0 Å². The molecule has 4 aromatic rings.